The number of rotatable bonds is 6. The van der Waals surface area contributed by atoms with Gasteiger partial charge in [0, 0.05) is 5.56 Å². The van der Waals surface area contributed by atoms with Crippen LogP contribution in [0.15, 0.2) is 18.2 Å². The molecule has 0 radical (unpaired) electrons. The zero-order valence-corrected chi connectivity index (χ0v) is 12.2. The highest BCUT2D eigenvalue weighted by Crippen LogP contribution is 2.29. The summed E-state index contributed by atoms with van der Waals surface area (Å²) >= 11 is 0. The molecule has 1 unspecified atom stereocenters. The minimum atomic E-state index is 0.267. The summed E-state index contributed by atoms with van der Waals surface area (Å²) in [6.07, 6.45) is 3.38. The molecule has 2 aromatic rings. The Morgan fingerprint density at radius 1 is 1.40 bits per heavy atom. The summed E-state index contributed by atoms with van der Waals surface area (Å²) in [4.78, 5) is 0. The largest absolute Gasteiger partial charge is 0.495 e. The van der Waals surface area contributed by atoms with Crippen molar-refractivity contribution in [1.82, 2.24) is 20.2 Å². The summed E-state index contributed by atoms with van der Waals surface area (Å²) in [6, 6.07) is 5.85. The fourth-order valence-electron chi connectivity index (χ4n) is 2.15. The van der Waals surface area contributed by atoms with Crippen molar-refractivity contribution in [3.05, 3.63) is 18.2 Å². The molecule has 1 heterocycles. The molecule has 0 saturated carbocycles. The normalized spacial score (nSPS) is 12.3. The first-order valence-corrected chi connectivity index (χ1v) is 6.89. The SMILES string of the molecule is CCCCC(C)n1nnnc1-c1ccc(N)c(OC)c1. The first-order chi connectivity index (χ1) is 9.67. The number of aromatic nitrogens is 4. The summed E-state index contributed by atoms with van der Waals surface area (Å²) < 4.78 is 7.11. The predicted octanol–water partition coefficient (Wildman–Crippen LogP) is 2.68. The maximum atomic E-state index is 5.83. The summed E-state index contributed by atoms with van der Waals surface area (Å²) in [5.41, 5.74) is 7.35. The van der Waals surface area contributed by atoms with E-state index >= 15 is 0 Å². The fraction of sp³-hybridized carbons (Fsp3) is 0.500. The van der Waals surface area contributed by atoms with E-state index < -0.39 is 0 Å². The number of hydrogen-bond acceptors (Lipinski definition) is 5. The molecule has 0 aliphatic carbocycles. The number of nitrogen functional groups attached to an aromatic ring is 1. The van der Waals surface area contributed by atoms with E-state index in [0.29, 0.717) is 11.4 Å². The lowest BCUT2D eigenvalue weighted by Crippen LogP contribution is -2.09. The molecule has 0 aliphatic heterocycles. The van der Waals surface area contributed by atoms with Crippen molar-refractivity contribution >= 4 is 5.69 Å². The van der Waals surface area contributed by atoms with E-state index in [1.807, 2.05) is 22.9 Å². The number of nitrogens with zero attached hydrogens (tertiary/aromatic N) is 4. The molecule has 6 heteroatoms. The molecular weight excluding hydrogens is 254 g/mol. The van der Waals surface area contributed by atoms with E-state index in [-0.39, 0.29) is 6.04 Å². The maximum Gasteiger partial charge on any atom is 0.182 e. The Balaban J connectivity index is 2.32. The van der Waals surface area contributed by atoms with Crippen molar-refractivity contribution in [3.63, 3.8) is 0 Å². The van der Waals surface area contributed by atoms with Crippen LogP contribution in [0.5, 0.6) is 5.75 Å². The van der Waals surface area contributed by atoms with Crippen LogP contribution in [0.25, 0.3) is 11.4 Å². The molecule has 0 amide bonds. The van der Waals surface area contributed by atoms with Gasteiger partial charge in [-0.1, -0.05) is 19.8 Å². The van der Waals surface area contributed by atoms with Gasteiger partial charge in [-0.3, -0.25) is 0 Å². The van der Waals surface area contributed by atoms with Gasteiger partial charge < -0.3 is 10.5 Å². The van der Waals surface area contributed by atoms with Crippen molar-refractivity contribution < 1.29 is 4.74 Å². The number of methoxy groups -OCH3 is 1. The Morgan fingerprint density at radius 3 is 2.90 bits per heavy atom. The highest BCUT2D eigenvalue weighted by atomic mass is 16.5. The molecule has 0 aliphatic rings. The van der Waals surface area contributed by atoms with Crippen molar-refractivity contribution in [1.29, 1.82) is 0 Å². The van der Waals surface area contributed by atoms with E-state index in [1.165, 1.54) is 0 Å². The van der Waals surface area contributed by atoms with Gasteiger partial charge in [0.15, 0.2) is 5.82 Å². The lowest BCUT2D eigenvalue weighted by Gasteiger charge is -2.13. The number of unbranched alkanes of at least 4 members (excludes halogenated alkanes) is 1. The molecule has 2 N–H and O–H groups in total. The molecule has 2 rings (SSSR count). The molecule has 6 nitrogen and oxygen atoms in total. The van der Waals surface area contributed by atoms with Crippen molar-refractivity contribution in [3.8, 4) is 17.1 Å². The number of benzene rings is 1. The standard InChI is InChI=1S/C14H21N5O/c1-4-5-6-10(2)19-14(16-17-18-19)11-7-8-12(15)13(9-11)20-3/h7-10H,4-6,15H2,1-3H3. The van der Waals surface area contributed by atoms with Gasteiger partial charge in [0.25, 0.3) is 0 Å². The van der Waals surface area contributed by atoms with Crippen LogP contribution < -0.4 is 10.5 Å². The third-order valence-electron chi connectivity index (χ3n) is 3.38. The van der Waals surface area contributed by atoms with E-state index in [1.54, 1.807) is 7.11 Å². The van der Waals surface area contributed by atoms with Gasteiger partial charge in [-0.15, -0.1) is 5.10 Å². The van der Waals surface area contributed by atoms with Gasteiger partial charge in [-0.05, 0) is 42.0 Å². The van der Waals surface area contributed by atoms with Crippen molar-refractivity contribution in [2.45, 2.75) is 39.2 Å². The fourth-order valence-corrected chi connectivity index (χ4v) is 2.15. The Morgan fingerprint density at radius 2 is 2.20 bits per heavy atom. The second-order valence-corrected chi connectivity index (χ2v) is 4.90. The molecule has 108 valence electrons. The second kappa shape index (κ2) is 6.36. The van der Waals surface area contributed by atoms with Gasteiger partial charge >= 0.3 is 0 Å². The second-order valence-electron chi connectivity index (χ2n) is 4.90. The third-order valence-corrected chi connectivity index (χ3v) is 3.38. The maximum absolute atomic E-state index is 5.83. The number of tetrazole rings is 1. The molecule has 0 fully saturated rings. The topological polar surface area (TPSA) is 78.9 Å². The van der Waals surface area contributed by atoms with Crippen LogP contribution >= 0.6 is 0 Å². The number of anilines is 1. The van der Waals surface area contributed by atoms with Gasteiger partial charge in [0.1, 0.15) is 5.75 Å². The highest BCUT2D eigenvalue weighted by Gasteiger charge is 2.15. The average molecular weight is 275 g/mol. The quantitative estimate of drug-likeness (QED) is 0.820. The van der Waals surface area contributed by atoms with Crippen molar-refractivity contribution in [2.75, 3.05) is 12.8 Å². The first kappa shape index (κ1) is 14.3. The number of hydrogen-bond donors (Lipinski definition) is 1. The first-order valence-electron chi connectivity index (χ1n) is 6.89. The monoisotopic (exact) mass is 275 g/mol. The average Bonchev–Trinajstić information content (AvgIpc) is 2.94. The minimum Gasteiger partial charge on any atom is -0.495 e. The lowest BCUT2D eigenvalue weighted by molar-refractivity contribution is 0.416. The zero-order chi connectivity index (χ0) is 14.5. The van der Waals surface area contributed by atoms with Crippen LogP contribution in [0.1, 0.15) is 39.2 Å². The Bertz CT molecular complexity index is 566. The van der Waals surface area contributed by atoms with E-state index in [9.17, 15) is 0 Å². The minimum absolute atomic E-state index is 0.267. The number of nitrogens with two attached hydrogens (primary N) is 1. The number of ether oxygens (including phenoxy) is 1. The van der Waals surface area contributed by atoms with Crippen LogP contribution in [0.4, 0.5) is 5.69 Å². The van der Waals surface area contributed by atoms with Crippen LogP contribution in [-0.4, -0.2) is 27.3 Å². The Hall–Kier alpha value is -2.11. The van der Waals surface area contributed by atoms with Gasteiger partial charge in [-0.2, -0.15) is 0 Å². The highest BCUT2D eigenvalue weighted by molar-refractivity contribution is 5.65. The van der Waals surface area contributed by atoms with E-state index in [2.05, 4.69) is 29.4 Å². The van der Waals surface area contributed by atoms with Gasteiger partial charge in [0.05, 0.1) is 18.8 Å². The predicted molar refractivity (Wildman–Crippen MR) is 78.5 cm³/mol. The molecule has 1 aromatic heterocycles. The molecule has 1 aromatic carbocycles. The zero-order valence-electron chi connectivity index (χ0n) is 12.2. The summed E-state index contributed by atoms with van der Waals surface area (Å²) in [7, 11) is 1.60. The molecule has 1 atom stereocenters. The van der Waals surface area contributed by atoms with Gasteiger partial charge in [0.2, 0.25) is 0 Å². The lowest BCUT2D eigenvalue weighted by atomic mass is 10.1. The molecule has 0 spiro atoms. The van der Waals surface area contributed by atoms with Crippen LogP contribution in [0.3, 0.4) is 0 Å². The van der Waals surface area contributed by atoms with Crippen LogP contribution in [0.2, 0.25) is 0 Å². The smallest absolute Gasteiger partial charge is 0.182 e. The van der Waals surface area contributed by atoms with E-state index in [0.717, 1.165) is 30.7 Å². The van der Waals surface area contributed by atoms with Gasteiger partial charge in [-0.25, -0.2) is 4.68 Å². The third kappa shape index (κ3) is 2.89. The Kier molecular flexibility index (Phi) is 4.55. The molecule has 0 bridgehead atoms. The molecule has 0 saturated heterocycles. The molecular formula is C14H21N5O. The molecule has 20 heavy (non-hydrogen) atoms. The summed E-state index contributed by atoms with van der Waals surface area (Å²) in [5, 5.41) is 12.0. The van der Waals surface area contributed by atoms with Crippen molar-refractivity contribution in [2.24, 2.45) is 0 Å². The summed E-state index contributed by atoms with van der Waals surface area (Å²) in [6.45, 7) is 4.31. The van der Waals surface area contributed by atoms with Crippen LogP contribution in [0, 0.1) is 0 Å². The van der Waals surface area contributed by atoms with Crippen LogP contribution in [-0.2, 0) is 0 Å². The summed E-state index contributed by atoms with van der Waals surface area (Å²) in [5.74, 6) is 1.38. The Labute approximate surface area is 118 Å². The van der Waals surface area contributed by atoms with E-state index in [4.69, 9.17) is 10.5 Å².